The maximum atomic E-state index is 13.6. The molecule has 0 atom stereocenters. The highest BCUT2D eigenvalue weighted by Crippen LogP contribution is 2.31. The summed E-state index contributed by atoms with van der Waals surface area (Å²) in [6.45, 7) is 0. The van der Waals surface area contributed by atoms with E-state index in [0.29, 0.717) is 12.8 Å². The van der Waals surface area contributed by atoms with E-state index in [1.54, 1.807) is 6.07 Å². The Bertz CT molecular complexity index is 510. The van der Waals surface area contributed by atoms with Gasteiger partial charge in [0.05, 0.1) is 17.5 Å². The molecule has 1 aliphatic carbocycles. The summed E-state index contributed by atoms with van der Waals surface area (Å²) < 4.78 is 13.6. The van der Waals surface area contributed by atoms with Gasteiger partial charge in [-0.05, 0) is 25.0 Å². The highest BCUT2D eigenvalue weighted by atomic mass is 19.1. The molecule has 0 unspecified atom stereocenters. The van der Waals surface area contributed by atoms with Gasteiger partial charge in [0.1, 0.15) is 5.82 Å². The monoisotopic (exact) mass is 279 g/mol. The van der Waals surface area contributed by atoms with E-state index in [1.807, 2.05) is 0 Å². The molecular weight excluding hydrogens is 261 g/mol. The minimum Gasteiger partial charge on any atom is -0.481 e. The zero-order valence-electron chi connectivity index (χ0n) is 11.2. The molecule has 0 aliphatic heterocycles. The number of rotatable bonds is 4. The number of carbonyl (C=O) groups excluding carboxylic acids is 1. The van der Waals surface area contributed by atoms with Crippen LogP contribution >= 0.6 is 0 Å². The van der Waals surface area contributed by atoms with Crippen LogP contribution < -0.4 is 5.32 Å². The summed E-state index contributed by atoms with van der Waals surface area (Å²) in [6, 6.07) is 5.73. The number of carboxylic acids is 1. The summed E-state index contributed by atoms with van der Waals surface area (Å²) in [5, 5.41) is 11.8. The van der Waals surface area contributed by atoms with Crippen molar-refractivity contribution in [2.75, 3.05) is 0 Å². The fourth-order valence-corrected chi connectivity index (χ4v) is 2.82. The Kier molecular flexibility index (Phi) is 4.37. The number of carboxylic acid groups (broad SMARTS) is 1. The molecule has 0 radical (unpaired) electrons. The van der Waals surface area contributed by atoms with Crippen LogP contribution in [0.15, 0.2) is 24.3 Å². The largest absolute Gasteiger partial charge is 0.481 e. The zero-order chi connectivity index (χ0) is 14.6. The molecule has 0 saturated heterocycles. The molecule has 20 heavy (non-hydrogen) atoms. The van der Waals surface area contributed by atoms with E-state index in [4.69, 9.17) is 5.11 Å². The first-order valence-corrected chi connectivity index (χ1v) is 6.81. The third-order valence-corrected chi connectivity index (χ3v) is 3.80. The Morgan fingerprint density at radius 2 is 1.85 bits per heavy atom. The second kappa shape index (κ2) is 6.03. The van der Waals surface area contributed by atoms with Crippen LogP contribution in [0.4, 0.5) is 4.39 Å². The molecular formula is C15H18FNO3. The van der Waals surface area contributed by atoms with Crippen LogP contribution in [0.1, 0.15) is 48.9 Å². The lowest BCUT2D eigenvalue weighted by atomic mass is 9.79. The molecule has 1 aromatic rings. The van der Waals surface area contributed by atoms with E-state index in [9.17, 15) is 14.0 Å². The molecule has 1 amide bonds. The fourth-order valence-electron chi connectivity index (χ4n) is 2.82. The Hall–Kier alpha value is -1.91. The molecule has 108 valence electrons. The molecule has 0 spiro atoms. The molecule has 2 rings (SSSR count). The number of amides is 1. The standard InChI is InChI=1S/C15H18FNO3/c16-12-7-3-2-6-11(12)14(20)17-15(10-13(18)19)8-4-1-5-9-15/h2-3,6-7H,1,4-5,8-10H2,(H,17,20)(H,18,19). The van der Waals surface area contributed by atoms with Gasteiger partial charge in [-0.3, -0.25) is 9.59 Å². The summed E-state index contributed by atoms with van der Waals surface area (Å²) in [7, 11) is 0. The third-order valence-electron chi connectivity index (χ3n) is 3.80. The van der Waals surface area contributed by atoms with E-state index in [0.717, 1.165) is 19.3 Å². The Balaban J connectivity index is 2.17. The first-order valence-electron chi connectivity index (χ1n) is 6.81. The Labute approximate surface area is 117 Å². The van der Waals surface area contributed by atoms with E-state index < -0.39 is 23.2 Å². The van der Waals surface area contributed by atoms with Crippen LogP contribution in [0.3, 0.4) is 0 Å². The van der Waals surface area contributed by atoms with Crippen LogP contribution in [0.2, 0.25) is 0 Å². The van der Waals surface area contributed by atoms with Gasteiger partial charge in [-0.15, -0.1) is 0 Å². The molecule has 0 aromatic heterocycles. The van der Waals surface area contributed by atoms with Gasteiger partial charge in [-0.1, -0.05) is 31.4 Å². The molecule has 0 bridgehead atoms. The van der Waals surface area contributed by atoms with Crippen LogP contribution in [0, 0.1) is 5.82 Å². The fraction of sp³-hybridized carbons (Fsp3) is 0.467. The molecule has 0 heterocycles. The first-order chi connectivity index (χ1) is 9.52. The van der Waals surface area contributed by atoms with Crippen LogP contribution in [-0.4, -0.2) is 22.5 Å². The molecule has 1 aliphatic rings. The summed E-state index contributed by atoms with van der Waals surface area (Å²) in [4.78, 5) is 23.2. The molecule has 1 saturated carbocycles. The summed E-state index contributed by atoms with van der Waals surface area (Å²) in [5.74, 6) is -2.07. The minimum atomic E-state index is -0.944. The number of hydrogen-bond donors (Lipinski definition) is 2. The number of aliphatic carboxylic acids is 1. The lowest BCUT2D eigenvalue weighted by Gasteiger charge is -2.37. The van der Waals surface area contributed by atoms with Gasteiger partial charge in [0, 0.05) is 0 Å². The van der Waals surface area contributed by atoms with Crippen molar-refractivity contribution in [3.63, 3.8) is 0 Å². The maximum Gasteiger partial charge on any atom is 0.305 e. The Morgan fingerprint density at radius 3 is 2.45 bits per heavy atom. The number of benzene rings is 1. The summed E-state index contributed by atoms with van der Waals surface area (Å²) in [6.07, 6.45) is 3.93. The molecule has 4 nitrogen and oxygen atoms in total. The molecule has 2 N–H and O–H groups in total. The lowest BCUT2D eigenvalue weighted by molar-refractivity contribution is -0.139. The first kappa shape index (κ1) is 14.5. The van der Waals surface area contributed by atoms with Crippen LogP contribution in [-0.2, 0) is 4.79 Å². The summed E-state index contributed by atoms with van der Waals surface area (Å²) in [5.41, 5.74) is -0.786. The van der Waals surface area contributed by atoms with E-state index >= 15 is 0 Å². The van der Waals surface area contributed by atoms with Gasteiger partial charge in [-0.25, -0.2) is 4.39 Å². The number of hydrogen-bond acceptors (Lipinski definition) is 2. The predicted molar refractivity (Wildman–Crippen MR) is 71.9 cm³/mol. The number of halogens is 1. The molecule has 1 aromatic carbocycles. The third kappa shape index (κ3) is 3.35. The SMILES string of the molecule is O=C(O)CC1(NC(=O)c2ccccc2F)CCCCC1. The smallest absolute Gasteiger partial charge is 0.305 e. The van der Waals surface area contributed by atoms with Gasteiger partial charge in [0.15, 0.2) is 0 Å². The van der Waals surface area contributed by atoms with Crippen molar-refractivity contribution < 1.29 is 19.1 Å². The van der Waals surface area contributed by atoms with E-state index in [2.05, 4.69) is 5.32 Å². The topological polar surface area (TPSA) is 66.4 Å². The maximum absolute atomic E-state index is 13.6. The zero-order valence-corrected chi connectivity index (χ0v) is 11.2. The lowest BCUT2D eigenvalue weighted by Crippen LogP contribution is -2.51. The van der Waals surface area contributed by atoms with E-state index in [-0.39, 0.29) is 12.0 Å². The second-order valence-corrected chi connectivity index (χ2v) is 5.35. The van der Waals surface area contributed by atoms with Crippen molar-refractivity contribution in [3.05, 3.63) is 35.6 Å². The van der Waals surface area contributed by atoms with Gasteiger partial charge < -0.3 is 10.4 Å². The van der Waals surface area contributed by atoms with Gasteiger partial charge in [0.2, 0.25) is 0 Å². The van der Waals surface area contributed by atoms with Crippen molar-refractivity contribution in [1.82, 2.24) is 5.32 Å². The molecule has 1 fully saturated rings. The van der Waals surface area contributed by atoms with Gasteiger partial charge >= 0.3 is 5.97 Å². The van der Waals surface area contributed by atoms with Crippen LogP contribution in [0.25, 0.3) is 0 Å². The van der Waals surface area contributed by atoms with Gasteiger partial charge in [0.25, 0.3) is 5.91 Å². The van der Waals surface area contributed by atoms with Crippen LogP contribution in [0.5, 0.6) is 0 Å². The number of carbonyl (C=O) groups is 2. The highest BCUT2D eigenvalue weighted by molar-refractivity contribution is 5.95. The number of nitrogens with one attached hydrogen (secondary N) is 1. The van der Waals surface area contributed by atoms with Crippen molar-refractivity contribution >= 4 is 11.9 Å². The average Bonchev–Trinajstić information content (AvgIpc) is 2.39. The average molecular weight is 279 g/mol. The van der Waals surface area contributed by atoms with Crippen molar-refractivity contribution in [1.29, 1.82) is 0 Å². The van der Waals surface area contributed by atoms with Crippen molar-refractivity contribution in [2.45, 2.75) is 44.1 Å². The van der Waals surface area contributed by atoms with E-state index in [1.165, 1.54) is 18.2 Å². The minimum absolute atomic E-state index is 0.0390. The van der Waals surface area contributed by atoms with Crippen molar-refractivity contribution in [3.8, 4) is 0 Å². The van der Waals surface area contributed by atoms with Gasteiger partial charge in [-0.2, -0.15) is 0 Å². The highest BCUT2D eigenvalue weighted by Gasteiger charge is 2.36. The summed E-state index contributed by atoms with van der Waals surface area (Å²) >= 11 is 0. The Morgan fingerprint density at radius 1 is 1.20 bits per heavy atom. The normalized spacial score (nSPS) is 17.4. The second-order valence-electron chi connectivity index (χ2n) is 5.35. The van der Waals surface area contributed by atoms with Crippen molar-refractivity contribution in [2.24, 2.45) is 0 Å². The molecule has 5 heteroatoms. The quantitative estimate of drug-likeness (QED) is 0.890. The predicted octanol–water partition coefficient (Wildman–Crippen LogP) is 2.73.